The molecule has 0 fully saturated rings. The lowest BCUT2D eigenvalue weighted by molar-refractivity contribution is -0.119. The van der Waals surface area contributed by atoms with Crippen LogP contribution in [0.1, 0.15) is 20.8 Å². The summed E-state index contributed by atoms with van der Waals surface area (Å²) in [4.78, 5) is 11.8. The Morgan fingerprint density at radius 1 is 1.36 bits per heavy atom. The summed E-state index contributed by atoms with van der Waals surface area (Å²) in [6.07, 6.45) is 0. The van der Waals surface area contributed by atoms with Crippen LogP contribution < -0.4 is 5.32 Å². The van der Waals surface area contributed by atoms with Gasteiger partial charge in [0.1, 0.15) is 0 Å². The van der Waals surface area contributed by atoms with Crippen molar-refractivity contribution in [2.24, 2.45) is 5.92 Å². The first kappa shape index (κ1) is 16.8. The van der Waals surface area contributed by atoms with E-state index in [-0.39, 0.29) is 17.7 Å². The quantitative estimate of drug-likeness (QED) is 0.814. The second kappa shape index (κ2) is 7.65. The van der Waals surface area contributed by atoms with Crippen LogP contribution in [0, 0.1) is 5.92 Å². The van der Waals surface area contributed by atoms with Gasteiger partial charge < -0.3 is 9.73 Å². The predicted octanol–water partition coefficient (Wildman–Crippen LogP) is 3.64. The van der Waals surface area contributed by atoms with Crippen molar-refractivity contribution in [3.63, 3.8) is 0 Å². The summed E-state index contributed by atoms with van der Waals surface area (Å²) in [5.74, 6) is 0.982. The monoisotopic (exact) mass is 339 g/mol. The summed E-state index contributed by atoms with van der Waals surface area (Å²) in [5, 5.41) is 11.8. The fourth-order valence-electron chi connectivity index (χ4n) is 1.60. The first-order valence-corrected chi connectivity index (χ1v) is 8.33. The van der Waals surface area contributed by atoms with Gasteiger partial charge in [0, 0.05) is 16.6 Å². The number of carbonyl (C=O) groups excluding carboxylic acids is 1. The third kappa shape index (κ3) is 4.74. The van der Waals surface area contributed by atoms with Crippen LogP contribution in [0.2, 0.25) is 5.02 Å². The van der Waals surface area contributed by atoms with Gasteiger partial charge in [-0.3, -0.25) is 4.79 Å². The Hall–Kier alpha value is -1.53. The number of thioether (sulfide) groups is 1. The van der Waals surface area contributed by atoms with E-state index in [4.69, 9.17) is 16.0 Å². The molecule has 1 unspecified atom stereocenters. The Balaban J connectivity index is 1.91. The van der Waals surface area contributed by atoms with E-state index in [1.807, 2.05) is 19.1 Å². The van der Waals surface area contributed by atoms with E-state index in [1.54, 1.807) is 12.1 Å². The summed E-state index contributed by atoms with van der Waals surface area (Å²) < 4.78 is 5.53. The molecule has 1 N–H and O–H groups in total. The van der Waals surface area contributed by atoms with Gasteiger partial charge in [-0.25, -0.2) is 0 Å². The van der Waals surface area contributed by atoms with Crippen molar-refractivity contribution >= 4 is 29.3 Å². The second-order valence-electron chi connectivity index (χ2n) is 5.27. The van der Waals surface area contributed by atoms with Gasteiger partial charge in [0.25, 0.3) is 5.22 Å². The normalized spacial score (nSPS) is 12.4. The number of amides is 1. The standard InChI is InChI=1S/C15H18ClN3O2S/c1-9(2)10(3)17-13(20)8-22-15-19-18-14(21-15)11-5-4-6-12(16)7-11/h4-7,9-10H,8H2,1-3H3,(H,17,20). The zero-order valence-corrected chi connectivity index (χ0v) is 14.2. The van der Waals surface area contributed by atoms with Crippen molar-refractivity contribution in [3.8, 4) is 11.5 Å². The van der Waals surface area contributed by atoms with E-state index >= 15 is 0 Å². The van der Waals surface area contributed by atoms with Crippen molar-refractivity contribution in [2.45, 2.75) is 32.0 Å². The van der Waals surface area contributed by atoms with Gasteiger partial charge in [0.2, 0.25) is 11.8 Å². The molecule has 0 aliphatic heterocycles. The third-order valence-corrected chi connectivity index (χ3v) is 4.25. The Labute approximate surface area is 138 Å². The maximum absolute atomic E-state index is 11.8. The van der Waals surface area contributed by atoms with E-state index in [1.165, 1.54) is 11.8 Å². The van der Waals surface area contributed by atoms with Crippen LogP contribution in [0.15, 0.2) is 33.9 Å². The summed E-state index contributed by atoms with van der Waals surface area (Å²) in [5.41, 5.74) is 0.754. The second-order valence-corrected chi connectivity index (χ2v) is 6.64. The largest absolute Gasteiger partial charge is 0.411 e. The molecule has 2 aromatic rings. The molecular formula is C15H18ClN3O2S. The summed E-state index contributed by atoms with van der Waals surface area (Å²) in [6, 6.07) is 7.32. The highest BCUT2D eigenvalue weighted by Crippen LogP contribution is 2.24. The van der Waals surface area contributed by atoms with Gasteiger partial charge in [-0.1, -0.05) is 43.3 Å². The van der Waals surface area contributed by atoms with Gasteiger partial charge >= 0.3 is 0 Å². The van der Waals surface area contributed by atoms with Crippen LogP contribution in [0.25, 0.3) is 11.5 Å². The molecule has 7 heteroatoms. The van der Waals surface area contributed by atoms with Crippen LogP contribution in [-0.4, -0.2) is 27.9 Å². The van der Waals surface area contributed by atoms with Crippen LogP contribution in [0.3, 0.4) is 0 Å². The summed E-state index contributed by atoms with van der Waals surface area (Å²) >= 11 is 7.15. The molecule has 1 heterocycles. The molecule has 0 saturated heterocycles. The molecule has 0 aliphatic rings. The first-order chi connectivity index (χ1) is 10.5. The lowest BCUT2D eigenvalue weighted by Gasteiger charge is -2.16. The maximum atomic E-state index is 11.8. The number of nitrogens with one attached hydrogen (secondary N) is 1. The minimum atomic E-state index is -0.0475. The van der Waals surface area contributed by atoms with E-state index in [0.29, 0.717) is 22.1 Å². The minimum Gasteiger partial charge on any atom is -0.411 e. The fraction of sp³-hybridized carbons (Fsp3) is 0.400. The molecule has 2 rings (SSSR count). The predicted molar refractivity (Wildman–Crippen MR) is 87.9 cm³/mol. The molecule has 0 spiro atoms. The van der Waals surface area contributed by atoms with E-state index in [9.17, 15) is 4.79 Å². The molecule has 118 valence electrons. The molecule has 1 amide bonds. The van der Waals surface area contributed by atoms with Crippen molar-refractivity contribution in [1.82, 2.24) is 15.5 Å². The molecule has 0 aliphatic carbocycles. The van der Waals surface area contributed by atoms with Crippen LogP contribution in [-0.2, 0) is 4.79 Å². The SMILES string of the molecule is CC(C)C(C)NC(=O)CSc1nnc(-c2cccc(Cl)c2)o1. The van der Waals surface area contributed by atoms with Crippen molar-refractivity contribution < 1.29 is 9.21 Å². The Bertz CT molecular complexity index is 645. The Morgan fingerprint density at radius 2 is 2.14 bits per heavy atom. The molecule has 1 aromatic heterocycles. The topological polar surface area (TPSA) is 68.0 Å². The highest BCUT2D eigenvalue weighted by atomic mass is 35.5. The number of benzene rings is 1. The van der Waals surface area contributed by atoms with Gasteiger partial charge in [0.15, 0.2) is 0 Å². The number of hydrogen-bond donors (Lipinski definition) is 1. The number of carbonyl (C=O) groups is 1. The summed E-state index contributed by atoms with van der Waals surface area (Å²) in [7, 11) is 0. The number of halogens is 1. The van der Waals surface area contributed by atoms with E-state index in [2.05, 4.69) is 29.4 Å². The molecule has 0 bridgehead atoms. The highest BCUT2D eigenvalue weighted by molar-refractivity contribution is 7.99. The van der Waals surface area contributed by atoms with Gasteiger partial charge in [-0.2, -0.15) is 0 Å². The number of hydrogen-bond acceptors (Lipinski definition) is 5. The van der Waals surface area contributed by atoms with E-state index < -0.39 is 0 Å². The third-order valence-electron chi connectivity index (χ3n) is 3.19. The molecular weight excluding hydrogens is 322 g/mol. The maximum Gasteiger partial charge on any atom is 0.277 e. The van der Waals surface area contributed by atoms with Crippen molar-refractivity contribution in [3.05, 3.63) is 29.3 Å². The molecule has 0 radical (unpaired) electrons. The molecule has 5 nitrogen and oxygen atoms in total. The minimum absolute atomic E-state index is 0.0475. The average molecular weight is 340 g/mol. The highest BCUT2D eigenvalue weighted by Gasteiger charge is 2.14. The lowest BCUT2D eigenvalue weighted by Crippen LogP contribution is -2.37. The van der Waals surface area contributed by atoms with E-state index in [0.717, 1.165) is 5.56 Å². The Morgan fingerprint density at radius 3 is 2.82 bits per heavy atom. The zero-order chi connectivity index (χ0) is 16.1. The van der Waals surface area contributed by atoms with Crippen LogP contribution >= 0.6 is 23.4 Å². The zero-order valence-electron chi connectivity index (χ0n) is 12.7. The average Bonchev–Trinajstić information content (AvgIpc) is 2.94. The molecule has 1 atom stereocenters. The molecule has 22 heavy (non-hydrogen) atoms. The van der Waals surface area contributed by atoms with Crippen LogP contribution in [0.5, 0.6) is 0 Å². The number of nitrogens with zero attached hydrogens (tertiary/aromatic N) is 2. The number of aromatic nitrogens is 2. The smallest absolute Gasteiger partial charge is 0.277 e. The first-order valence-electron chi connectivity index (χ1n) is 6.97. The molecule has 0 saturated carbocycles. The fourth-order valence-corrected chi connectivity index (χ4v) is 2.36. The van der Waals surface area contributed by atoms with Gasteiger partial charge in [0.05, 0.1) is 5.75 Å². The van der Waals surface area contributed by atoms with Crippen molar-refractivity contribution in [2.75, 3.05) is 5.75 Å². The summed E-state index contributed by atoms with van der Waals surface area (Å²) in [6.45, 7) is 6.11. The number of rotatable bonds is 6. The Kier molecular flexibility index (Phi) is 5.85. The van der Waals surface area contributed by atoms with Crippen LogP contribution in [0.4, 0.5) is 0 Å². The van der Waals surface area contributed by atoms with Crippen molar-refractivity contribution in [1.29, 1.82) is 0 Å². The van der Waals surface area contributed by atoms with Gasteiger partial charge in [-0.05, 0) is 31.0 Å². The molecule has 1 aromatic carbocycles. The van der Waals surface area contributed by atoms with Gasteiger partial charge in [-0.15, -0.1) is 10.2 Å². The lowest BCUT2D eigenvalue weighted by atomic mass is 10.1.